The maximum absolute atomic E-state index is 10.4. The molecule has 0 unspecified atom stereocenters. The highest BCUT2D eigenvalue weighted by atomic mass is 35.5. The quantitative estimate of drug-likeness (QED) is 0.487. The Morgan fingerprint density at radius 3 is 2.36 bits per heavy atom. The molecule has 0 spiro atoms. The lowest BCUT2D eigenvalue weighted by molar-refractivity contribution is -0.103. The predicted molar refractivity (Wildman–Crippen MR) is 46.3 cm³/mol. The van der Waals surface area contributed by atoms with Gasteiger partial charge in [0.15, 0.2) is 6.29 Å². The van der Waals surface area contributed by atoms with Crippen LogP contribution in [0.25, 0.3) is 5.57 Å². The van der Waals surface area contributed by atoms with E-state index in [2.05, 4.69) is 0 Å². The summed E-state index contributed by atoms with van der Waals surface area (Å²) in [5.41, 5.74) is 2.63. The minimum atomic E-state index is 0.507. The van der Waals surface area contributed by atoms with Gasteiger partial charge in [0.2, 0.25) is 0 Å². The van der Waals surface area contributed by atoms with Gasteiger partial charge in [-0.25, -0.2) is 0 Å². The van der Waals surface area contributed by atoms with Crippen molar-refractivity contribution in [3.05, 3.63) is 41.4 Å². The summed E-state index contributed by atoms with van der Waals surface area (Å²) in [4.78, 5) is 10.4. The van der Waals surface area contributed by atoms with Crippen LogP contribution in [0, 0.1) is 0 Å². The Morgan fingerprint density at radius 1 is 1.27 bits per heavy atom. The molecular formula is C9H7ClO. The van der Waals surface area contributed by atoms with E-state index in [-0.39, 0.29) is 0 Å². The fourth-order valence-corrected chi connectivity index (χ4v) is 0.965. The van der Waals surface area contributed by atoms with Crippen LogP contribution in [0.3, 0.4) is 0 Å². The number of allylic oxidation sites excluding steroid dienone is 1. The van der Waals surface area contributed by atoms with Gasteiger partial charge in [0.1, 0.15) is 0 Å². The molecule has 0 saturated carbocycles. The molecule has 1 aromatic rings. The number of hydrogen-bond acceptors (Lipinski definition) is 1. The zero-order valence-corrected chi connectivity index (χ0v) is 6.58. The number of carbonyl (C=O) groups excluding carboxylic acids is 1. The average molecular weight is 167 g/mol. The molecule has 0 aromatic heterocycles. The normalized spacial score (nSPS) is 11.2. The second-order valence-corrected chi connectivity index (χ2v) is 2.27. The van der Waals surface area contributed by atoms with Crippen LogP contribution in [0.1, 0.15) is 5.56 Å². The predicted octanol–water partition coefficient (Wildman–Crippen LogP) is 2.47. The molecule has 1 nitrogen and oxygen atoms in total. The van der Waals surface area contributed by atoms with Crippen molar-refractivity contribution in [3.63, 3.8) is 0 Å². The van der Waals surface area contributed by atoms with Crippen LogP contribution < -0.4 is 0 Å². The van der Waals surface area contributed by atoms with Gasteiger partial charge < -0.3 is 0 Å². The van der Waals surface area contributed by atoms with Crippen molar-refractivity contribution in [3.8, 4) is 0 Å². The maximum atomic E-state index is 10.4. The van der Waals surface area contributed by atoms with E-state index in [1.807, 2.05) is 30.3 Å². The number of carbonyl (C=O) groups is 1. The molecule has 1 rings (SSSR count). The molecule has 0 bridgehead atoms. The number of benzene rings is 1. The van der Waals surface area contributed by atoms with Crippen molar-refractivity contribution in [2.24, 2.45) is 0 Å². The number of halogens is 1. The van der Waals surface area contributed by atoms with Crippen molar-refractivity contribution in [1.82, 2.24) is 0 Å². The van der Waals surface area contributed by atoms with Gasteiger partial charge >= 0.3 is 0 Å². The molecule has 0 aliphatic rings. The zero-order valence-electron chi connectivity index (χ0n) is 5.83. The average Bonchev–Trinajstić information content (AvgIpc) is 2.09. The highest BCUT2D eigenvalue weighted by molar-refractivity contribution is 6.32. The molecule has 0 amide bonds. The summed E-state index contributed by atoms with van der Waals surface area (Å²) in [7, 11) is 0. The Bertz CT molecular complexity index is 264. The molecular weight excluding hydrogens is 160 g/mol. The summed E-state index contributed by atoms with van der Waals surface area (Å²) in [6.07, 6.45) is 0.738. The Kier molecular flexibility index (Phi) is 2.87. The fraction of sp³-hybridized carbons (Fsp3) is 0. The van der Waals surface area contributed by atoms with Crippen LogP contribution in [0.4, 0.5) is 0 Å². The maximum Gasteiger partial charge on any atom is 0.151 e. The first-order chi connectivity index (χ1) is 5.38. The molecule has 11 heavy (non-hydrogen) atoms. The van der Waals surface area contributed by atoms with E-state index in [4.69, 9.17) is 11.6 Å². The number of hydrogen-bond donors (Lipinski definition) is 0. The SMILES string of the molecule is O=CC(=CCl)c1ccccc1. The van der Waals surface area contributed by atoms with Crippen LogP contribution >= 0.6 is 11.6 Å². The first-order valence-corrected chi connectivity index (χ1v) is 3.63. The molecule has 0 radical (unpaired) electrons. The summed E-state index contributed by atoms with van der Waals surface area (Å²) >= 11 is 5.41. The second-order valence-electron chi connectivity index (χ2n) is 2.05. The van der Waals surface area contributed by atoms with Gasteiger partial charge in [-0.2, -0.15) is 0 Å². The minimum Gasteiger partial charge on any atom is -0.298 e. The van der Waals surface area contributed by atoms with Gasteiger partial charge in [-0.3, -0.25) is 4.79 Å². The molecule has 0 atom stereocenters. The van der Waals surface area contributed by atoms with E-state index >= 15 is 0 Å². The van der Waals surface area contributed by atoms with Crippen LogP contribution in [-0.4, -0.2) is 6.29 Å². The molecule has 0 saturated heterocycles. The van der Waals surface area contributed by atoms with Crippen molar-refractivity contribution < 1.29 is 4.79 Å². The standard InChI is InChI=1S/C9H7ClO/c10-6-9(7-11)8-4-2-1-3-5-8/h1-7H. The second kappa shape index (κ2) is 3.94. The van der Waals surface area contributed by atoms with E-state index in [1.165, 1.54) is 5.54 Å². The third-order valence-electron chi connectivity index (χ3n) is 1.35. The fourth-order valence-electron chi connectivity index (χ4n) is 0.787. The van der Waals surface area contributed by atoms with Gasteiger partial charge in [-0.1, -0.05) is 41.9 Å². The minimum absolute atomic E-state index is 0.507. The lowest BCUT2D eigenvalue weighted by Crippen LogP contribution is -1.82. The van der Waals surface area contributed by atoms with Gasteiger partial charge in [0, 0.05) is 11.1 Å². The van der Waals surface area contributed by atoms with E-state index in [1.54, 1.807) is 0 Å². The van der Waals surface area contributed by atoms with E-state index in [0.29, 0.717) is 5.57 Å². The van der Waals surface area contributed by atoms with Crippen LogP contribution in [-0.2, 0) is 4.79 Å². The Labute approximate surface area is 70.3 Å². The Hall–Kier alpha value is -1.08. The van der Waals surface area contributed by atoms with E-state index < -0.39 is 0 Å². The summed E-state index contributed by atoms with van der Waals surface area (Å²) in [5.74, 6) is 0. The zero-order chi connectivity index (χ0) is 8.10. The lowest BCUT2D eigenvalue weighted by atomic mass is 10.1. The Morgan fingerprint density at radius 2 is 1.91 bits per heavy atom. The molecule has 0 aliphatic carbocycles. The largest absolute Gasteiger partial charge is 0.298 e. The van der Waals surface area contributed by atoms with Crippen molar-refractivity contribution in [1.29, 1.82) is 0 Å². The highest BCUT2D eigenvalue weighted by Crippen LogP contribution is 2.11. The molecule has 2 heteroatoms. The van der Waals surface area contributed by atoms with E-state index in [0.717, 1.165) is 11.8 Å². The third kappa shape index (κ3) is 1.92. The highest BCUT2D eigenvalue weighted by Gasteiger charge is 1.95. The summed E-state index contributed by atoms with van der Waals surface area (Å²) in [6, 6.07) is 9.28. The molecule has 56 valence electrons. The van der Waals surface area contributed by atoms with E-state index in [9.17, 15) is 4.79 Å². The number of rotatable bonds is 2. The van der Waals surface area contributed by atoms with Gasteiger partial charge in [0.25, 0.3) is 0 Å². The number of aldehydes is 1. The molecule has 0 N–H and O–H groups in total. The van der Waals surface area contributed by atoms with Crippen molar-refractivity contribution >= 4 is 23.5 Å². The van der Waals surface area contributed by atoms with Crippen LogP contribution in [0.2, 0.25) is 0 Å². The molecule has 0 fully saturated rings. The monoisotopic (exact) mass is 166 g/mol. The van der Waals surface area contributed by atoms with Crippen molar-refractivity contribution in [2.45, 2.75) is 0 Å². The molecule has 1 aromatic carbocycles. The summed E-state index contributed by atoms with van der Waals surface area (Å²) in [5, 5.41) is 0. The first kappa shape index (κ1) is 8.02. The summed E-state index contributed by atoms with van der Waals surface area (Å²) in [6.45, 7) is 0. The van der Waals surface area contributed by atoms with Gasteiger partial charge in [-0.15, -0.1) is 0 Å². The topological polar surface area (TPSA) is 17.1 Å². The van der Waals surface area contributed by atoms with Crippen LogP contribution in [0.5, 0.6) is 0 Å². The van der Waals surface area contributed by atoms with Gasteiger partial charge in [-0.05, 0) is 5.56 Å². The smallest absolute Gasteiger partial charge is 0.151 e. The first-order valence-electron chi connectivity index (χ1n) is 3.19. The lowest BCUT2D eigenvalue weighted by Gasteiger charge is -1.95. The Balaban J connectivity index is 3.01. The van der Waals surface area contributed by atoms with Crippen molar-refractivity contribution in [2.75, 3.05) is 0 Å². The molecule has 0 aliphatic heterocycles. The third-order valence-corrected chi connectivity index (χ3v) is 1.59. The molecule has 0 heterocycles. The van der Waals surface area contributed by atoms with Gasteiger partial charge in [0.05, 0.1) is 0 Å². The summed E-state index contributed by atoms with van der Waals surface area (Å²) < 4.78 is 0. The van der Waals surface area contributed by atoms with Crippen LogP contribution in [0.15, 0.2) is 35.9 Å².